The number of nitrogens with zero attached hydrogens (tertiary/aromatic N) is 1. The molecule has 0 aromatic heterocycles. The maximum Gasteiger partial charge on any atom is 0.254 e. The van der Waals surface area contributed by atoms with E-state index in [0.29, 0.717) is 45.2 Å². The zero-order valence-electron chi connectivity index (χ0n) is 12.1. The smallest absolute Gasteiger partial charge is 0.254 e. The lowest BCUT2D eigenvalue weighted by Gasteiger charge is -2.26. The van der Waals surface area contributed by atoms with E-state index in [1.807, 2.05) is 0 Å². The number of rotatable bonds is 5. The number of carbonyl (C=O) groups excluding carboxylic acids is 2. The van der Waals surface area contributed by atoms with Gasteiger partial charge in [0.2, 0.25) is 5.91 Å². The van der Waals surface area contributed by atoms with Gasteiger partial charge in [0.1, 0.15) is 11.6 Å². The third-order valence-electron chi connectivity index (χ3n) is 3.39. The van der Waals surface area contributed by atoms with Crippen molar-refractivity contribution in [3.63, 3.8) is 0 Å². The first-order valence-corrected chi connectivity index (χ1v) is 7.16. The summed E-state index contributed by atoms with van der Waals surface area (Å²) in [5, 5.41) is 2.52. The molecular weight excluding hydrogens is 294 g/mol. The van der Waals surface area contributed by atoms with Gasteiger partial charge in [-0.2, -0.15) is 0 Å². The van der Waals surface area contributed by atoms with Crippen LogP contribution in [0.2, 0.25) is 0 Å². The molecule has 1 aromatic rings. The predicted octanol–water partition coefficient (Wildman–Crippen LogP) is 1.33. The van der Waals surface area contributed by atoms with Gasteiger partial charge in [-0.25, -0.2) is 8.78 Å². The average molecular weight is 312 g/mol. The lowest BCUT2D eigenvalue weighted by molar-refractivity contribution is -0.135. The fourth-order valence-electron chi connectivity index (χ4n) is 2.18. The van der Waals surface area contributed by atoms with Crippen LogP contribution in [0.25, 0.3) is 0 Å². The molecule has 0 unspecified atom stereocenters. The lowest BCUT2D eigenvalue weighted by Crippen LogP contribution is -2.40. The Bertz CT molecular complexity index is 546. The summed E-state index contributed by atoms with van der Waals surface area (Å²) in [6.07, 6.45) is 0.775. The number of nitrogens with one attached hydrogen (secondary N) is 1. The molecule has 5 nitrogen and oxygen atoms in total. The van der Waals surface area contributed by atoms with Crippen LogP contribution in [0.5, 0.6) is 0 Å². The molecule has 22 heavy (non-hydrogen) atoms. The standard InChI is InChI=1S/C15H18F2N2O3/c16-11-3-4-12(13(17)10-11)15(21)18-5-1-2-14(20)19-6-8-22-9-7-19/h3-4,10H,1-2,5-9H2,(H,18,21). The minimum atomic E-state index is -0.901. The lowest BCUT2D eigenvalue weighted by atomic mass is 10.2. The van der Waals surface area contributed by atoms with E-state index in [1.54, 1.807) is 4.90 Å². The van der Waals surface area contributed by atoms with E-state index < -0.39 is 17.5 Å². The van der Waals surface area contributed by atoms with E-state index in [-0.39, 0.29) is 18.0 Å². The number of carbonyl (C=O) groups is 2. The molecule has 1 aliphatic rings. The van der Waals surface area contributed by atoms with Gasteiger partial charge in [-0.3, -0.25) is 9.59 Å². The largest absolute Gasteiger partial charge is 0.378 e. The van der Waals surface area contributed by atoms with Gasteiger partial charge in [-0.1, -0.05) is 0 Å². The van der Waals surface area contributed by atoms with Gasteiger partial charge in [0, 0.05) is 32.1 Å². The normalized spacial score (nSPS) is 14.7. The van der Waals surface area contributed by atoms with Crippen molar-refractivity contribution < 1.29 is 23.1 Å². The third-order valence-corrected chi connectivity index (χ3v) is 3.39. The quantitative estimate of drug-likeness (QED) is 0.835. The number of hydrogen-bond donors (Lipinski definition) is 1. The summed E-state index contributed by atoms with van der Waals surface area (Å²) in [6.45, 7) is 2.53. The molecule has 2 rings (SSSR count). The van der Waals surface area contributed by atoms with Crippen LogP contribution in [0.3, 0.4) is 0 Å². The van der Waals surface area contributed by atoms with Crippen LogP contribution in [-0.2, 0) is 9.53 Å². The summed E-state index contributed by atoms with van der Waals surface area (Å²) in [7, 11) is 0. The SMILES string of the molecule is O=C(NCCCC(=O)N1CCOCC1)c1ccc(F)cc1F. The zero-order chi connectivity index (χ0) is 15.9. The summed E-state index contributed by atoms with van der Waals surface area (Å²) < 4.78 is 31.3. The van der Waals surface area contributed by atoms with E-state index in [2.05, 4.69) is 5.32 Å². The van der Waals surface area contributed by atoms with Crippen molar-refractivity contribution in [2.24, 2.45) is 0 Å². The Hall–Kier alpha value is -2.02. The molecule has 1 N–H and O–H groups in total. The fraction of sp³-hybridized carbons (Fsp3) is 0.467. The summed E-state index contributed by atoms with van der Waals surface area (Å²) >= 11 is 0. The minimum Gasteiger partial charge on any atom is -0.378 e. The number of hydrogen-bond acceptors (Lipinski definition) is 3. The molecule has 7 heteroatoms. The van der Waals surface area contributed by atoms with Crippen molar-refractivity contribution in [2.45, 2.75) is 12.8 Å². The van der Waals surface area contributed by atoms with E-state index in [9.17, 15) is 18.4 Å². The first-order valence-electron chi connectivity index (χ1n) is 7.16. The molecule has 1 aliphatic heterocycles. The van der Waals surface area contributed by atoms with Gasteiger partial charge in [0.25, 0.3) is 5.91 Å². The molecule has 0 aliphatic carbocycles. The van der Waals surface area contributed by atoms with Crippen LogP contribution >= 0.6 is 0 Å². The second-order valence-corrected chi connectivity index (χ2v) is 4.98. The van der Waals surface area contributed by atoms with E-state index in [0.717, 1.165) is 12.1 Å². The van der Waals surface area contributed by atoms with E-state index in [4.69, 9.17) is 4.74 Å². The Morgan fingerprint density at radius 1 is 1.23 bits per heavy atom. The Labute approximate surface area is 127 Å². The highest BCUT2D eigenvalue weighted by Crippen LogP contribution is 2.09. The summed E-state index contributed by atoms with van der Waals surface area (Å²) in [5.74, 6) is -2.23. The van der Waals surface area contributed by atoms with Crippen LogP contribution in [-0.4, -0.2) is 49.6 Å². The molecular formula is C15H18F2N2O3. The van der Waals surface area contributed by atoms with Gasteiger partial charge in [-0.15, -0.1) is 0 Å². The maximum atomic E-state index is 13.4. The third kappa shape index (κ3) is 4.49. The molecule has 1 fully saturated rings. The average Bonchev–Trinajstić information content (AvgIpc) is 2.52. The molecule has 0 bridgehead atoms. The second-order valence-electron chi connectivity index (χ2n) is 4.98. The predicted molar refractivity (Wildman–Crippen MR) is 75.3 cm³/mol. The molecule has 120 valence electrons. The van der Waals surface area contributed by atoms with Crippen LogP contribution in [0.1, 0.15) is 23.2 Å². The fourth-order valence-corrected chi connectivity index (χ4v) is 2.18. The van der Waals surface area contributed by atoms with Crippen LogP contribution in [0.15, 0.2) is 18.2 Å². The van der Waals surface area contributed by atoms with Gasteiger partial charge in [0.15, 0.2) is 0 Å². The molecule has 2 amide bonds. The Morgan fingerprint density at radius 3 is 2.64 bits per heavy atom. The molecule has 1 saturated heterocycles. The van der Waals surface area contributed by atoms with Crippen LogP contribution in [0, 0.1) is 11.6 Å². The van der Waals surface area contributed by atoms with Crippen molar-refractivity contribution in [3.8, 4) is 0 Å². The van der Waals surface area contributed by atoms with Gasteiger partial charge in [-0.05, 0) is 18.6 Å². The molecule has 0 saturated carbocycles. The monoisotopic (exact) mass is 312 g/mol. The van der Waals surface area contributed by atoms with Gasteiger partial charge in [0.05, 0.1) is 18.8 Å². The highest BCUT2D eigenvalue weighted by atomic mass is 19.1. The summed E-state index contributed by atoms with van der Waals surface area (Å²) in [5.41, 5.74) is -0.207. The van der Waals surface area contributed by atoms with E-state index >= 15 is 0 Å². The first kappa shape index (κ1) is 16.4. The topological polar surface area (TPSA) is 58.6 Å². The number of halogens is 2. The molecule has 0 radical (unpaired) electrons. The number of amides is 2. The zero-order valence-corrected chi connectivity index (χ0v) is 12.1. The highest BCUT2D eigenvalue weighted by molar-refractivity contribution is 5.94. The molecule has 1 heterocycles. The summed E-state index contributed by atoms with van der Waals surface area (Å²) in [4.78, 5) is 25.3. The number of morpholine rings is 1. The van der Waals surface area contributed by atoms with Crippen molar-refractivity contribution in [1.29, 1.82) is 0 Å². The number of benzene rings is 1. The first-order chi connectivity index (χ1) is 10.6. The van der Waals surface area contributed by atoms with Gasteiger partial charge >= 0.3 is 0 Å². The molecule has 0 atom stereocenters. The molecule has 1 aromatic carbocycles. The van der Waals surface area contributed by atoms with Crippen molar-refractivity contribution in [2.75, 3.05) is 32.8 Å². The Morgan fingerprint density at radius 2 is 1.95 bits per heavy atom. The van der Waals surface area contributed by atoms with Crippen molar-refractivity contribution in [1.82, 2.24) is 10.2 Å². The summed E-state index contributed by atoms with van der Waals surface area (Å²) in [6, 6.07) is 2.79. The van der Waals surface area contributed by atoms with Crippen LogP contribution in [0.4, 0.5) is 8.78 Å². The maximum absolute atomic E-state index is 13.4. The van der Waals surface area contributed by atoms with Crippen molar-refractivity contribution >= 4 is 11.8 Å². The number of ether oxygens (including phenoxy) is 1. The highest BCUT2D eigenvalue weighted by Gasteiger charge is 2.16. The Kier molecular flexibility index (Phi) is 5.83. The second kappa shape index (κ2) is 7.84. The minimum absolute atomic E-state index is 0.0190. The van der Waals surface area contributed by atoms with Crippen molar-refractivity contribution in [3.05, 3.63) is 35.4 Å². The van der Waals surface area contributed by atoms with Crippen LogP contribution < -0.4 is 5.32 Å². The van der Waals surface area contributed by atoms with Gasteiger partial charge < -0.3 is 15.0 Å². The Balaban J connectivity index is 1.71. The van der Waals surface area contributed by atoms with E-state index in [1.165, 1.54) is 0 Å². The molecule has 0 spiro atoms.